The van der Waals surface area contributed by atoms with Crippen LogP contribution in [0.25, 0.3) is 0 Å². The minimum absolute atomic E-state index is 0.0527. The third-order valence-electron chi connectivity index (χ3n) is 4.07. The van der Waals surface area contributed by atoms with E-state index in [1.54, 1.807) is 0 Å². The average Bonchev–Trinajstić information content (AvgIpc) is 2.88. The predicted molar refractivity (Wildman–Crippen MR) is 86.4 cm³/mol. The van der Waals surface area contributed by atoms with Gasteiger partial charge >= 0.3 is 0 Å². The second kappa shape index (κ2) is 9.38. The summed E-state index contributed by atoms with van der Waals surface area (Å²) in [5, 5.41) is 6.47. The SMILES string of the molecule is CCCNC1COCC1C(=O)NCCN(C(C)C)C(C)C. The number of nitrogens with one attached hydrogen (secondary N) is 2. The summed E-state index contributed by atoms with van der Waals surface area (Å²) in [6.45, 7) is 14.6. The van der Waals surface area contributed by atoms with Crippen LogP contribution in [-0.4, -0.2) is 61.8 Å². The van der Waals surface area contributed by atoms with Crippen LogP contribution in [0.4, 0.5) is 0 Å². The minimum atomic E-state index is -0.0527. The van der Waals surface area contributed by atoms with Gasteiger partial charge in [0.2, 0.25) is 5.91 Å². The summed E-state index contributed by atoms with van der Waals surface area (Å²) in [6, 6.07) is 1.16. The zero-order valence-corrected chi connectivity index (χ0v) is 14.3. The Labute approximate surface area is 129 Å². The molecular weight excluding hydrogens is 266 g/mol. The topological polar surface area (TPSA) is 53.6 Å². The molecule has 1 fully saturated rings. The van der Waals surface area contributed by atoms with Gasteiger partial charge in [-0.25, -0.2) is 0 Å². The number of nitrogens with zero attached hydrogens (tertiary/aromatic N) is 1. The molecule has 1 amide bonds. The van der Waals surface area contributed by atoms with Crippen LogP contribution in [0, 0.1) is 5.92 Å². The quantitative estimate of drug-likeness (QED) is 0.672. The van der Waals surface area contributed by atoms with Crippen LogP contribution in [0.1, 0.15) is 41.0 Å². The molecule has 0 aliphatic carbocycles. The van der Waals surface area contributed by atoms with Crippen molar-refractivity contribution in [3.05, 3.63) is 0 Å². The van der Waals surface area contributed by atoms with E-state index < -0.39 is 0 Å². The van der Waals surface area contributed by atoms with E-state index in [9.17, 15) is 4.79 Å². The molecule has 124 valence electrons. The Balaban J connectivity index is 2.35. The fourth-order valence-corrected chi connectivity index (χ4v) is 2.90. The van der Waals surface area contributed by atoms with Crippen molar-refractivity contribution in [3.63, 3.8) is 0 Å². The van der Waals surface area contributed by atoms with Crippen LogP contribution >= 0.6 is 0 Å². The Bertz CT molecular complexity index is 300. The van der Waals surface area contributed by atoms with Crippen LogP contribution in [0.2, 0.25) is 0 Å². The maximum atomic E-state index is 12.3. The maximum absolute atomic E-state index is 12.3. The molecule has 1 saturated heterocycles. The van der Waals surface area contributed by atoms with Crippen molar-refractivity contribution in [1.82, 2.24) is 15.5 Å². The van der Waals surface area contributed by atoms with Gasteiger partial charge in [0, 0.05) is 31.2 Å². The van der Waals surface area contributed by atoms with E-state index in [1.165, 1.54) is 0 Å². The third kappa shape index (κ3) is 5.93. The molecule has 2 atom stereocenters. The van der Waals surface area contributed by atoms with Crippen LogP contribution in [-0.2, 0) is 9.53 Å². The highest BCUT2D eigenvalue weighted by molar-refractivity contribution is 5.79. The number of ether oxygens (including phenoxy) is 1. The number of hydrogen-bond donors (Lipinski definition) is 2. The average molecular weight is 299 g/mol. The zero-order valence-electron chi connectivity index (χ0n) is 14.3. The number of amides is 1. The van der Waals surface area contributed by atoms with Crippen molar-refractivity contribution < 1.29 is 9.53 Å². The van der Waals surface area contributed by atoms with Gasteiger partial charge in [0.1, 0.15) is 0 Å². The van der Waals surface area contributed by atoms with Gasteiger partial charge in [0.15, 0.2) is 0 Å². The van der Waals surface area contributed by atoms with E-state index in [0.717, 1.165) is 19.5 Å². The molecule has 1 rings (SSSR count). The first-order chi connectivity index (χ1) is 9.97. The first-order valence-corrected chi connectivity index (χ1v) is 8.31. The normalized spacial score (nSPS) is 22.5. The smallest absolute Gasteiger partial charge is 0.227 e. The third-order valence-corrected chi connectivity index (χ3v) is 4.07. The Morgan fingerprint density at radius 2 is 1.86 bits per heavy atom. The van der Waals surface area contributed by atoms with Gasteiger partial charge in [-0.15, -0.1) is 0 Å². The van der Waals surface area contributed by atoms with Crippen LogP contribution in [0.5, 0.6) is 0 Å². The van der Waals surface area contributed by atoms with Gasteiger partial charge in [-0.2, -0.15) is 0 Å². The molecule has 1 heterocycles. The molecule has 21 heavy (non-hydrogen) atoms. The molecule has 0 spiro atoms. The first-order valence-electron chi connectivity index (χ1n) is 8.31. The molecular formula is C16H33N3O2. The summed E-state index contributed by atoms with van der Waals surface area (Å²) in [7, 11) is 0. The van der Waals surface area contributed by atoms with Gasteiger partial charge in [0.05, 0.1) is 19.1 Å². The lowest BCUT2D eigenvalue weighted by atomic mass is 10.0. The van der Waals surface area contributed by atoms with Crippen LogP contribution < -0.4 is 10.6 Å². The van der Waals surface area contributed by atoms with E-state index in [1.807, 2.05) is 0 Å². The fourth-order valence-electron chi connectivity index (χ4n) is 2.90. The molecule has 5 nitrogen and oxygen atoms in total. The standard InChI is InChI=1S/C16H33N3O2/c1-6-7-17-15-11-21-10-14(15)16(20)18-8-9-19(12(2)3)13(4)5/h12-15,17H,6-11H2,1-5H3,(H,18,20). The maximum Gasteiger partial charge on any atom is 0.227 e. The highest BCUT2D eigenvalue weighted by atomic mass is 16.5. The number of hydrogen-bond acceptors (Lipinski definition) is 4. The summed E-state index contributed by atoms with van der Waals surface area (Å²) in [4.78, 5) is 14.7. The molecule has 2 N–H and O–H groups in total. The van der Waals surface area contributed by atoms with Crippen molar-refractivity contribution in [3.8, 4) is 0 Å². The highest BCUT2D eigenvalue weighted by Gasteiger charge is 2.33. The lowest BCUT2D eigenvalue weighted by molar-refractivity contribution is -0.125. The number of rotatable bonds is 9. The number of carbonyl (C=O) groups is 1. The Morgan fingerprint density at radius 1 is 1.19 bits per heavy atom. The molecule has 2 unspecified atom stereocenters. The van der Waals surface area contributed by atoms with Gasteiger partial charge in [-0.05, 0) is 40.7 Å². The molecule has 1 aliphatic heterocycles. The van der Waals surface area contributed by atoms with E-state index in [0.29, 0.717) is 31.8 Å². The van der Waals surface area contributed by atoms with Crippen molar-refractivity contribution in [2.24, 2.45) is 5.92 Å². The molecule has 0 aromatic carbocycles. The first kappa shape index (κ1) is 18.4. The monoisotopic (exact) mass is 299 g/mol. The molecule has 0 radical (unpaired) electrons. The van der Waals surface area contributed by atoms with E-state index in [-0.39, 0.29) is 17.9 Å². The molecule has 0 bridgehead atoms. The van der Waals surface area contributed by atoms with Gasteiger partial charge in [0.25, 0.3) is 0 Å². The van der Waals surface area contributed by atoms with Crippen molar-refractivity contribution in [2.75, 3.05) is 32.8 Å². The van der Waals surface area contributed by atoms with E-state index in [2.05, 4.69) is 50.2 Å². The fraction of sp³-hybridized carbons (Fsp3) is 0.938. The summed E-state index contributed by atoms with van der Waals surface area (Å²) < 4.78 is 5.46. The van der Waals surface area contributed by atoms with Crippen LogP contribution in [0.3, 0.4) is 0 Å². The summed E-state index contributed by atoms with van der Waals surface area (Å²) in [5.74, 6) is 0.0664. The lowest BCUT2D eigenvalue weighted by Gasteiger charge is -2.30. The number of carbonyl (C=O) groups excluding carboxylic acids is 1. The second-order valence-electron chi connectivity index (χ2n) is 6.42. The van der Waals surface area contributed by atoms with Crippen LogP contribution in [0.15, 0.2) is 0 Å². The highest BCUT2D eigenvalue weighted by Crippen LogP contribution is 2.14. The summed E-state index contributed by atoms with van der Waals surface area (Å²) >= 11 is 0. The second-order valence-corrected chi connectivity index (χ2v) is 6.42. The van der Waals surface area contributed by atoms with E-state index >= 15 is 0 Å². The van der Waals surface area contributed by atoms with Gasteiger partial charge in [-0.3, -0.25) is 9.69 Å². The Morgan fingerprint density at radius 3 is 2.43 bits per heavy atom. The summed E-state index contributed by atoms with van der Waals surface area (Å²) in [5.41, 5.74) is 0. The molecule has 5 heteroatoms. The Hall–Kier alpha value is -0.650. The van der Waals surface area contributed by atoms with E-state index in [4.69, 9.17) is 4.74 Å². The molecule has 1 aliphatic rings. The molecule has 0 saturated carbocycles. The zero-order chi connectivity index (χ0) is 15.8. The van der Waals surface area contributed by atoms with Crippen molar-refractivity contribution in [1.29, 1.82) is 0 Å². The molecule has 0 aromatic heterocycles. The van der Waals surface area contributed by atoms with Gasteiger partial charge in [-0.1, -0.05) is 6.92 Å². The Kier molecular flexibility index (Phi) is 8.22. The molecule has 0 aromatic rings. The largest absolute Gasteiger partial charge is 0.379 e. The van der Waals surface area contributed by atoms with Crippen molar-refractivity contribution >= 4 is 5.91 Å². The lowest BCUT2D eigenvalue weighted by Crippen LogP contribution is -2.47. The predicted octanol–water partition coefficient (Wildman–Crippen LogP) is 1.24. The van der Waals surface area contributed by atoms with Gasteiger partial charge < -0.3 is 15.4 Å². The van der Waals surface area contributed by atoms with Crippen molar-refractivity contribution in [2.45, 2.75) is 59.2 Å². The summed E-state index contributed by atoms with van der Waals surface area (Å²) in [6.07, 6.45) is 1.07. The minimum Gasteiger partial charge on any atom is -0.379 e.